The van der Waals surface area contributed by atoms with Gasteiger partial charge in [-0.3, -0.25) is 14.9 Å². The summed E-state index contributed by atoms with van der Waals surface area (Å²) >= 11 is 1.27. The van der Waals surface area contributed by atoms with Crippen LogP contribution >= 0.6 is 11.3 Å². The maximum atomic E-state index is 12.4. The average Bonchev–Trinajstić information content (AvgIpc) is 3.16. The van der Waals surface area contributed by atoms with E-state index in [1.807, 2.05) is 6.07 Å². The topological polar surface area (TPSA) is 104 Å². The van der Waals surface area contributed by atoms with Gasteiger partial charge in [-0.1, -0.05) is 18.2 Å². The third-order valence-electron chi connectivity index (χ3n) is 4.42. The fourth-order valence-corrected chi connectivity index (χ4v) is 3.71. The van der Waals surface area contributed by atoms with Crippen LogP contribution in [0.15, 0.2) is 41.8 Å². The lowest BCUT2D eigenvalue weighted by Gasteiger charge is -2.18. The standard InChI is InChI=1S/C20H17N3O5S/c1-12-2-4-14(10-16(12)23(25)26)15-11-29-20(21-15)22-19(24)9-13-3-5-17-18(8-13)28-7-6-27-17/h2-5,8,10-11H,6-7,9H2,1H3,(H,21,22,24). The Morgan fingerprint density at radius 2 is 2.00 bits per heavy atom. The largest absolute Gasteiger partial charge is 0.486 e. The number of aromatic nitrogens is 1. The Morgan fingerprint density at radius 3 is 2.79 bits per heavy atom. The summed E-state index contributed by atoms with van der Waals surface area (Å²) in [6.45, 7) is 2.69. The maximum Gasteiger partial charge on any atom is 0.272 e. The number of hydrogen-bond donors (Lipinski definition) is 1. The highest BCUT2D eigenvalue weighted by Crippen LogP contribution is 2.32. The second kappa shape index (κ2) is 7.88. The smallest absolute Gasteiger partial charge is 0.272 e. The Morgan fingerprint density at radius 1 is 1.21 bits per heavy atom. The molecule has 0 aliphatic carbocycles. The van der Waals surface area contributed by atoms with Crippen molar-refractivity contribution in [2.75, 3.05) is 18.5 Å². The zero-order chi connectivity index (χ0) is 20.4. The van der Waals surface area contributed by atoms with Crippen LogP contribution in [0, 0.1) is 17.0 Å². The number of fused-ring (bicyclic) bond motifs is 1. The summed E-state index contributed by atoms with van der Waals surface area (Å²) < 4.78 is 11.0. The number of benzene rings is 2. The molecule has 0 spiro atoms. The van der Waals surface area contributed by atoms with E-state index >= 15 is 0 Å². The molecule has 2 aromatic carbocycles. The van der Waals surface area contributed by atoms with Gasteiger partial charge in [0.05, 0.1) is 17.0 Å². The van der Waals surface area contributed by atoms with Gasteiger partial charge >= 0.3 is 0 Å². The zero-order valence-electron chi connectivity index (χ0n) is 15.5. The summed E-state index contributed by atoms with van der Waals surface area (Å²) in [6.07, 6.45) is 0.168. The van der Waals surface area contributed by atoms with E-state index < -0.39 is 4.92 Å². The Hall–Kier alpha value is -3.46. The molecular weight excluding hydrogens is 394 g/mol. The number of hydrogen-bond acceptors (Lipinski definition) is 7. The molecule has 0 fully saturated rings. The number of rotatable bonds is 5. The van der Waals surface area contributed by atoms with E-state index in [9.17, 15) is 14.9 Å². The molecule has 0 bridgehead atoms. The first kappa shape index (κ1) is 18.9. The van der Waals surface area contributed by atoms with Gasteiger partial charge in [0.25, 0.3) is 5.69 Å². The number of aryl methyl sites for hydroxylation is 1. The SMILES string of the molecule is Cc1ccc(-c2csc(NC(=O)Cc3ccc4c(c3)OCCO4)n2)cc1[N+](=O)[O-]. The monoisotopic (exact) mass is 411 g/mol. The van der Waals surface area contributed by atoms with Crippen LogP contribution in [0.25, 0.3) is 11.3 Å². The lowest BCUT2D eigenvalue weighted by Crippen LogP contribution is -2.17. The molecule has 1 aromatic heterocycles. The van der Waals surface area contributed by atoms with Crippen LogP contribution in [0.1, 0.15) is 11.1 Å². The number of nitro benzene ring substituents is 1. The molecule has 0 saturated heterocycles. The summed E-state index contributed by atoms with van der Waals surface area (Å²) in [5.74, 6) is 1.11. The van der Waals surface area contributed by atoms with E-state index in [2.05, 4.69) is 10.3 Å². The molecule has 0 atom stereocenters. The maximum absolute atomic E-state index is 12.4. The van der Waals surface area contributed by atoms with E-state index in [0.717, 1.165) is 5.56 Å². The van der Waals surface area contributed by atoms with E-state index in [4.69, 9.17) is 9.47 Å². The molecule has 1 aliphatic rings. The predicted octanol–water partition coefficient (Wildman–Crippen LogP) is 3.98. The number of nitro groups is 1. The first-order valence-corrected chi connectivity index (χ1v) is 9.77. The van der Waals surface area contributed by atoms with Crippen LogP contribution in [-0.4, -0.2) is 29.0 Å². The van der Waals surface area contributed by atoms with Crippen LogP contribution in [0.4, 0.5) is 10.8 Å². The molecule has 0 saturated carbocycles. The molecular formula is C20H17N3O5S. The van der Waals surface area contributed by atoms with Crippen molar-refractivity contribution in [3.05, 3.63) is 63.0 Å². The van der Waals surface area contributed by atoms with Gasteiger partial charge in [-0.15, -0.1) is 11.3 Å². The second-order valence-corrected chi connectivity index (χ2v) is 7.36. The van der Waals surface area contributed by atoms with Crippen LogP contribution in [-0.2, 0) is 11.2 Å². The third kappa shape index (κ3) is 4.19. The number of carbonyl (C=O) groups excluding carboxylic acids is 1. The second-order valence-electron chi connectivity index (χ2n) is 6.50. The molecule has 1 amide bonds. The van der Waals surface area contributed by atoms with Gasteiger partial charge in [-0.25, -0.2) is 4.98 Å². The molecule has 2 heterocycles. The van der Waals surface area contributed by atoms with Crippen molar-refractivity contribution in [1.82, 2.24) is 4.98 Å². The number of ether oxygens (including phenoxy) is 2. The fourth-order valence-electron chi connectivity index (χ4n) is 2.98. The summed E-state index contributed by atoms with van der Waals surface area (Å²) in [4.78, 5) is 27.5. The van der Waals surface area contributed by atoms with Crippen molar-refractivity contribution in [3.63, 3.8) is 0 Å². The van der Waals surface area contributed by atoms with Gasteiger partial charge in [0.15, 0.2) is 16.6 Å². The van der Waals surface area contributed by atoms with E-state index in [-0.39, 0.29) is 18.0 Å². The zero-order valence-corrected chi connectivity index (χ0v) is 16.3. The number of nitrogens with one attached hydrogen (secondary N) is 1. The van der Waals surface area contributed by atoms with Gasteiger partial charge in [-0.05, 0) is 24.6 Å². The minimum Gasteiger partial charge on any atom is -0.486 e. The Kier molecular flexibility index (Phi) is 5.13. The Bertz CT molecular complexity index is 1100. The summed E-state index contributed by atoms with van der Waals surface area (Å²) in [5, 5.41) is 16.1. The molecule has 148 valence electrons. The normalized spacial score (nSPS) is 12.4. The molecule has 4 rings (SSSR count). The van der Waals surface area contributed by atoms with Crippen molar-refractivity contribution >= 4 is 28.1 Å². The highest BCUT2D eigenvalue weighted by molar-refractivity contribution is 7.14. The van der Waals surface area contributed by atoms with E-state index in [1.165, 1.54) is 17.4 Å². The molecule has 0 radical (unpaired) electrons. The van der Waals surface area contributed by atoms with Crippen LogP contribution in [0.3, 0.4) is 0 Å². The predicted molar refractivity (Wildman–Crippen MR) is 109 cm³/mol. The minimum absolute atomic E-state index is 0.0414. The summed E-state index contributed by atoms with van der Waals surface area (Å²) in [7, 11) is 0. The Labute approximate surface area is 170 Å². The van der Waals surface area contributed by atoms with Gasteiger partial charge in [0.1, 0.15) is 13.2 Å². The molecule has 0 unspecified atom stereocenters. The number of nitrogens with zero attached hydrogens (tertiary/aromatic N) is 2. The molecule has 8 nitrogen and oxygen atoms in total. The summed E-state index contributed by atoms with van der Waals surface area (Å²) in [6, 6.07) is 10.4. The first-order valence-electron chi connectivity index (χ1n) is 8.89. The van der Waals surface area contributed by atoms with Crippen LogP contribution < -0.4 is 14.8 Å². The van der Waals surface area contributed by atoms with Crippen LogP contribution in [0.2, 0.25) is 0 Å². The van der Waals surface area contributed by atoms with Gasteiger partial charge < -0.3 is 14.8 Å². The number of carbonyl (C=O) groups is 1. The van der Waals surface area contributed by atoms with E-state index in [0.29, 0.717) is 46.7 Å². The lowest BCUT2D eigenvalue weighted by atomic mass is 10.1. The lowest BCUT2D eigenvalue weighted by molar-refractivity contribution is -0.385. The first-order chi connectivity index (χ1) is 14.0. The van der Waals surface area contributed by atoms with Crippen molar-refractivity contribution in [2.45, 2.75) is 13.3 Å². The van der Waals surface area contributed by atoms with Crippen LogP contribution in [0.5, 0.6) is 11.5 Å². The minimum atomic E-state index is -0.415. The van der Waals surface area contributed by atoms with Crippen molar-refractivity contribution in [3.8, 4) is 22.8 Å². The highest BCUT2D eigenvalue weighted by Gasteiger charge is 2.16. The quantitative estimate of drug-likeness (QED) is 0.503. The van der Waals surface area contributed by atoms with Crippen molar-refractivity contribution < 1.29 is 19.2 Å². The van der Waals surface area contributed by atoms with Gasteiger partial charge in [0.2, 0.25) is 5.91 Å². The highest BCUT2D eigenvalue weighted by atomic mass is 32.1. The molecule has 1 aliphatic heterocycles. The van der Waals surface area contributed by atoms with Crippen molar-refractivity contribution in [2.24, 2.45) is 0 Å². The average molecular weight is 411 g/mol. The third-order valence-corrected chi connectivity index (χ3v) is 5.18. The number of amides is 1. The Balaban J connectivity index is 1.44. The molecule has 1 N–H and O–H groups in total. The fraction of sp³-hybridized carbons (Fsp3) is 0.200. The molecule has 3 aromatic rings. The number of thiazole rings is 1. The van der Waals surface area contributed by atoms with Gasteiger partial charge in [0, 0.05) is 22.6 Å². The van der Waals surface area contributed by atoms with E-state index in [1.54, 1.807) is 36.6 Å². The summed E-state index contributed by atoms with van der Waals surface area (Å²) in [5.41, 5.74) is 2.64. The number of anilines is 1. The molecule has 29 heavy (non-hydrogen) atoms. The van der Waals surface area contributed by atoms with Crippen molar-refractivity contribution in [1.29, 1.82) is 0 Å². The molecule has 9 heteroatoms. The van der Waals surface area contributed by atoms with Gasteiger partial charge in [-0.2, -0.15) is 0 Å².